The first-order chi connectivity index (χ1) is 8.50. The fourth-order valence-corrected chi connectivity index (χ4v) is 2.28. The van der Waals surface area contributed by atoms with Crippen LogP contribution in [0.15, 0.2) is 36.9 Å². The van der Waals surface area contributed by atoms with Gasteiger partial charge >= 0.3 is 0 Å². The summed E-state index contributed by atoms with van der Waals surface area (Å²) in [4.78, 5) is 0. The van der Waals surface area contributed by atoms with Crippen LogP contribution in [0.3, 0.4) is 0 Å². The Morgan fingerprint density at radius 1 is 1.33 bits per heavy atom. The Balaban J connectivity index is 2.94. The molecule has 0 aromatic heterocycles. The number of hydrogen-bond acceptors (Lipinski definition) is 2. The van der Waals surface area contributed by atoms with Crippen LogP contribution in [0.5, 0.6) is 0 Å². The maximum atomic E-state index is 5.72. The van der Waals surface area contributed by atoms with Crippen LogP contribution < -0.4 is 11.3 Å². The molecule has 0 saturated carbocycles. The van der Waals surface area contributed by atoms with Crippen molar-refractivity contribution in [1.82, 2.24) is 5.43 Å². The number of nitrogens with two attached hydrogens (primary N) is 1. The van der Waals surface area contributed by atoms with Crippen LogP contribution in [0, 0.1) is 0 Å². The van der Waals surface area contributed by atoms with Gasteiger partial charge in [0.05, 0.1) is 0 Å². The molecule has 3 N–H and O–H groups in total. The van der Waals surface area contributed by atoms with Crippen molar-refractivity contribution < 1.29 is 0 Å². The summed E-state index contributed by atoms with van der Waals surface area (Å²) in [6.45, 7) is 10.5. The molecule has 18 heavy (non-hydrogen) atoms. The summed E-state index contributed by atoms with van der Waals surface area (Å²) in [7, 11) is 0. The minimum Gasteiger partial charge on any atom is -0.271 e. The lowest BCUT2D eigenvalue weighted by Crippen LogP contribution is -2.30. The lowest BCUT2D eigenvalue weighted by atomic mass is 9.81. The average molecular weight is 246 g/mol. The highest BCUT2D eigenvalue weighted by Gasteiger charge is 2.21. The zero-order valence-corrected chi connectivity index (χ0v) is 11.9. The molecule has 0 aliphatic heterocycles. The van der Waals surface area contributed by atoms with E-state index in [9.17, 15) is 0 Å². The lowest BCUT2D eigenvalue weighted by Gasteiger charge is -2.27. The van der Waals surface area contributed by atoms with Crippen LogP contribution in [0.4, 0.5) is 0 Å². The van der Waals surface area contributed by atoms with E-state index in [2.05, 4.69) is 57.0 Å². The molecule has 1 rings (SSSR count). The third kappa shape index (κ3) is 3.97. The van der Waals surface area contributed by atoms with Crippen LogP contribution in [0.2, 0.25) is 0 Å². The first kappa shape index (κ1) is 14.9. The zero-order valence-electron chi connectivity index (χ0n) is 11.9. The van der Waals surface area contributed by atoms with Gasteiger partial charge < -0.3 is 0 Å². The van der Waals surface area contributed by atoms with E-state index in [1.807, 2.05) is 6.08 Å². The topological polar surface area (TPSA) is 38.0 Å². The minimum absolute atomic E-state index is 0.143. The number of allylic oxidation sites excluding steroid dienone is 1. The summed E-state index contributed by atoms with van der Waals surface area (Å²) < 4.78 is 0. The van der Waals surface area contributed by atoms with Crippen molar-refractivity contribution in [3.8, 4) is 0 Å². The molecule has 1 atom stereocenters. The number of unbranched alkanes of at least 4 members (excludes halogenated alkanes) is 1. The maximum absolute atomic E-state index is 5.72. The van der Waals surface area contributed by atoms with Gasteiger partial charge in [-0.1, -0.05) is 51.1 Å². The highest BCUT2D eigenvalue weighted by Crippen LogP contribution is 2.31. The summed E-state index contributed by atoms with van der Waals surface area (Å²) in [5, 5.41) is 0. The van der Waals surface area contributed by atoms with Crippen LogP contribution in [-0.4, -0.2) is 0 Å². The summed E-state index contributed by atoms with van der Waals surface area (Å²) in [6.07, 6.45) is 5.14. The highest BCUT2D eigenvalue weighted by atomic mass is 15.2. The van der Waals surface area contributed by atoms with Crippen molar-refractivity contribution in [2.45, 2.75) is 51.5 Å². The van der Waals surface area contributed by atoms with Gasteiger partial charge in [-0.3, -0.25) is 11.3 Å². The molecule has 1 aromatic carbocycles. The van der Waals surface area contributed by atoms with Gasteiger partial charge in [-0.2, -0.15) is 0 Å². The molecule has 0 fully saturated rings. The Morgan fingerprint density at radius 2 is 2.00 bits per heavy atom. The molecule has 0 aliphatic carbocycles. The largest absolute Gasteiger partial charge is 0.271 e. The number of nitrogens with one attached hydrogen (secondary N) is 1. The zero-order chi connectivity index (χ0) is 13.6. The molecule has 0 aliphatic rings. The molecule has 0 radical (unpaired) electrons. The van der Waals surface area contributed by atoms with Gasteiger partial charge in [-0.05, 0) is 35.8 Å². The Kier molecular flexibility index (Phi) is 5.57. The lowest BCUT2D eigenvalue weighted by molar-refractivity contribution is 0.482. The Labute approximate surface area is 111 Å². The second-order valence-corrected chi connectivity index (χ2v) is 5.78. The van der Waals surface area contributed by atoms with Crippen molar-refractivity contribution in [2.75, 3.05) is 0 Å². The van der Waals surface area contributed by atoms with Crippen LogP contribution >= 0.6 is 0 Å². The summed E-state index contributed by atoms with van der Waals surface area (Å²) in [5.74, 6) is 5.72. The fraction of sp³-hybridized carbons (Fsp3) is 0.500. The third-order valence-corrected chi connectivity index (χ3v) is 3.25. The van der Waals surface area contributed by atoms with Gasteiger partial charge in [-0.15, -0.1) is 6.58 Å². The molecule has 1 aromatic rings. The van der Waals surface area contributed by atoms with E-state index in [0.717, 1.165) is 19.3 Å². The monoisotopic (exact) mass is 246 g/mol. The van der Waals surface area contributed by atoms with Crippen molar-refractivity contribution in [3.63, 3.8) is 0 Å². The van der Waals surface area contributed by atoms with E-state index >= 15 is 0 Å². The quantitative estimate of drug-likeness (QED) is 0.346. The number of hydrogen-bond donors (Lipinski definition) is 2. The number of benzene rings is 1. The first-order valence-electron chi connectivity index (χ1n) is 6.67. The predicted molar refractivity (Wildman–Crippen MR) is 79.3 cm³/mol. The second-order valence-electron chi connectivity index (χ2n) is 5.78. The predicted octanol–water partition coefficient (Wildman–Crippen LogP) is 3.84. The van der Waals surface area contributed by atoms with E-state index in [1.54, 1.807) is 0 Å². The number of rotatable bonds is 6. The Bertz CT molecular complexity index is 377. The van der Waals surface area contributed by atoms with Gasteiger partial charge in [0.25, 0.3) is 0 Å². The van der Waals surface area contributed by atoms with E-state index in [1.165, 1.54) is 11.1 Å². The molecule has 0 spiro atoms. The molecular formula is C16H26N2. The molecule has 100 valence electrons. The molecule has 0 heterocycles. The molecule has 2 nitrogen and oxygen atoms in total. The van der Waals surface area contributed by atoms with Gasteiger partial charge in [-0.25, -0.2) is 0 Å². The summed E-state index contributed by atoms with van der Waals surface area (Å²) >= 11 is 0. The molecule has 0 amide bonds. The first-order valence-corrected chi connectivity index (χ1v) is 6.67. The Hall–Kier alpha value is -1.12. The molecular weight excluding hydrogens is 220 g/mol. The SMILES string of the molecule is C=CCCCC(NN)c1ccccc1C(C)(C)C. The average Bonchev–Trinajstić information content (AvgIpc) is 2.34. The summed E-state index contributed by atoms with van der Waals surface area (Å²) in [6, 6.07) is 8.79. The maximum Gasteiger partial charge on any atom is 0.0463 e. The van der Waals surface area contributed by atoms with Gasteiger partial charge in [0.2, 0.25) is 0 Å². The fourth-order valence-electron chi connectivity index (χ4n) is 2.28. The van der Waals surface area contributed by atoms with Crippen molar-refractivity contribution in [2.24, 2.45) is 5.84 Å². The van der Waals surface area contributed by atoms with Crippen LogP contribution in [-0.2, 0) is 5.41 Å². The normalized spacial score (nSPS) is 13.3. The van der Waals surface area contributed by atoms with Crippen molar-refractivity contribution >= 4 is 0 Å². The smallest absolute Gasteiger partial charge is 0.0463 e. The minimum atomic E-state index is 0.143. The van der Waals surface area contributed by atoms with Crippen LogP contribution in [0.1, 0.15) is 57.2 Å². The van der Waals surface area contributed by atoms with Gasteiger partial charge in [0.15, 0.2) is 0 Å². The highest BCUT2D eigenvalue weighted by molar-refractivity contribution is 5.35. The molecule has 1 unspecified atom stereocenters. The third-order valence-electron chi connectivity index (χ3n) is 3.25. The van der Waals surface area contributed by atoms with E-state index in [4.69, 9.17) is 5.84 Å². The molecule has 2 heteroatoms. The van der Waals surface area contributed by atoms with Gasteiger partial charge in [0.1, 0.15) is 0 Å². The standard InChI is InChI=1S/C16H26N2/c1-5-6-7-12-15(18-17)13-10-8-9-11-14(13)16(2,3)4/h5,8-11,15,18H,1,6-7,12,17H2,2-4H3. The number of hydrazine groups is 1. The van der Waals surface area contributed by atoms with Crippen molar-refractivity contribution in [3.05, 3.63) is 48.0 Å². The second kappa shape index (κ2) is 6.72. The van der Waals surface area contributed by atoms with Gasteiger partial charge in [0, 0.05) is 6.04 Å². The summed E-state index contributed by atoms with van der Waals surface area (Å²) in [5.41, 5.74) is 5.78. The Morgan fingerprint density at radius 3 is 2.56 bits per heavy atom. The molecule has 0 bridgehead atoms. The van der Waals surface area contributed by atoms with E-state index in [0.29, 0.717) is 0 Å². The van der Waals surface area contributed by atoms with E-state index in [-0.39, 0.29) is 11.5 Å². The van der Waals surface area contributed by atoms with Crippen molar-refractivity contribution in [1.29, 1.82) is 0 Å². The van der Waals surface area contributed by atoms with Crippen LogP contribution in [0.25, 0.3) is 0 Å². The molecule has 0 saturated heterocycles. The van der Waals surface area contributed by atoms with E-state index < -0.39 is 0 Å².